The van der Waals surface area contributed by atoms with Gasteiger partial charge in [-0.2, -0.15) is 0 Å². The van der Waals surface area contributed by atoms with E-state index < -0.39 is 11.9 Å². The van der Waals surface area contributed by atoms with Gasteiger partial charge in [0.25, 0.3) is 0 Å². The van der Waals surface area contributed by atoms with Crippen molar-refractivity contribution in [1.82, 2.24) is 0 Å². The van der Waals surface area contributed by atoms with Crippen LogP contribution in [0.1, 0.15) is 18.6 Å². The summed E-state index contributed by atoms with van der Waals surface area (Å²) in [4.78, 5) is 0. The lowest BCUT2D eigenvalue weighted by molar-refractivity contribution is 0.194. The molecule has 0 saturated heterocycles. The molecule has 0 aliphatic rings. The summed E-state index contributed by atoms with van der Waals surface area (Å²) in [7, 11) is 1.38. The highest BCUT2D eigenvalue weighted by Gasteiger charge is 2.15. The van der Waals surface area contributed by atoms with Crippen LogP contribution in [0.3, 0.4) is 0 Å². The van der Waals surface area contributed by atoms with Crippen LogP contribution in [0.2, 0.25) is 5.02 Å². The van der Waals surface area contributed by atoms with Crippen molar-refractivity contribution in [2.24, 2.45) is 0 Å². The van der Waals surface area contributed by atoms with Crippen LogP contribution >= 0.6 is 11.6 Å². The van der Waals surface area contributed by atoms with Crippen LogP contribution in [0, 0.1) is 5.82 Å². The Labute approximate surface area is 80.9 Å². The largest absolute Gasteiger partial charge is 0.495 e. The molecule has 0 spiro atoms. The molecule has 0 fully saturated rings. The minimum atomic E-state index is -0.729. The fraction of sp³-hybridized carbons (Fsp3) is 0.333. The molecule has 0 amide bonds. The molecular weight excluding hydrogens is 195 g/mol. The van der Waals surface area contributed by atoms with Gasteiger partial charge in [-0.05, 0) is 19.1 Å². The van der Waals surface area contributed by atoms with Crippen LogP contribution in [0.4, 0.5) is 4.39 Å². The Morgan fingerprint density at radius 2 is 2.15 bits per heavy atom. The Bertz CT molecular complexity index is 313. The van der Waals surface area contributed by atoms with Crippen LogP contribution in [0.5, 0.6) is 5.75 Å². The Balaban J connectivity index is 3.30. The number of aliphatic hydroxyl groups is 1. The lowest BCUT2D eigenvalue weighted by Gasteiger charge is -2.12. The maximum atomic E-state index is 12.9. The first-order valence-electron chi connectivity index (χ1n) is 3.78. The van der Waals surface area contributed by atoms with Crippen molar-refractivity contribution < 1.29 is 14.2 Å². The summed E-state index contributed by atoms with van der Waals surface area (Å²) in [5.74, 6) is -0.361. The van der Waals surface area contributed by atoms with E-state index in [0.29, 0.717) is 5.56 Å². The van der Waals surface area contributed by atoms with E-state index >= 15 is 0 Å². The van der Waals surface area contributed by atoms with Crippen molar-refractivity contribution >= 4 is 11.6 Å². The summed E-state index contributed by atoms with van der Waals surface area (Å²) < 4.78 is 17.8. The Morgan fingerprint density at radius 3 is 2.62 bits per heavy atom. The van der Waals surface area contributed by atoms with Crippen LogP contribution < -0.4 is 4.74 Å². The number of halogens is 2. The maximum Gasteiger partial charge on any atom is 0.146 e. The van der Waals surface area contributed by atoms with Crippen LogP contribution in [-0.2, 0) is 0 Å². The van der Waals surface area contributed by atoms with E-state index in [1.807, 2.05) is 0 Å². The van der Waals surface area contributed by atoms with Crippen molar-refractivity contribution in [2.45, 2.75) is 13.0 Å². The first-order chi connectivity index (χ1) is 6.07. The van der Waals surface area contributed by atoms with Crippen LogP contribution in [-0.4, -0.2) is 12.2 Å². The molecule has 1 aromatic carbocycles. The molecule has 13 heavy (non-hydrogen) atoms. The van der Waals surface area contributed by atoms with E-state index in [2.05, 4.69) is 0 Å². The van der Waals surface area contributed by atoms with E-state index in [0.717, 1.165) is 0 Å². The molecule has 0 bridgehead atoms. The van der Waals surface area contributed by atoms with Gasteiger partial charge in [0.1, 0.15) is 16.6 Å². The first kappa shape index (κ1) is 10.3. The molecular formula is C9H10ClFO2. The fourth-order valence-corrected chi connectivity index (χ4v) is 1.33. The quantitative estimate of drug-likeness (QED) is 0.802. The molecule has 0 radical (unpaired) electrons. The van der Waals surface area contributed by atoms with Crippen LogP contribution in [0.25, 0.3) is 0 Å². The van der Waals surface area contributed by atoms with Gasteiger partial charge in [0.15, 0.2) is 0 Å². The number of methoxy groups -OCH3 is 1. The lowest BCUT2D eigenvalue weighted by atomic mass is 10.1. The molecule has 2 nitrogen and oxygen atoms in total. The Hall–Kier alpha value is -0.800. The zero-order valence-electron chi connectivity index (χ0n) is 7.34. The number of benzene rings is 1. The highest BCUT2D eigenvalue weighted by molar-refractivity contribution is 6.32. The Morgan fingerprint density at radius 1 is 1.54 bits per heavy atom. The third kappa shape index (κ3) is 1.92. The average molecular weight is 205 g/mol. The summed E-state index contributed by atoms with van der Waals surface area (Å²) in [5.41, 5.74) is 0.480. The van der Waals surface area contributed by atoms with Crippen molar-refractivity contribution in [1.29, 1.82) is 0 Å². The summed E-state index contributed by atoms with van der Waals surface area (Å²) in [6, 6.07) is 2.65. The highest BCUT2D eigenvalue weighted by Crippen LogP contribution is 2.34. The van der Waals surface area contributed by atoms with E-state index in [4.69, 9.17) is 16.3 Å². The van der Waals surface area contributed by atoms with Gasteiger partial charge in [0.05, 0.1) is 13.2 Å². The maximum absolute atomic E-state index is 12.9. The van der Waals surface area contributed by atoms with Gasteiger partial charge in [-0.3, -0.25) is 0 Å². The Kier molecular flexibility index (Phi) is 3.12. The summed E-state index contributed by atoms with van der Waals surface area (Å²) in [6.45, 7) is 1.56. The summed E-state index contributed by atoms with van der Waals surface area (Å²) in [6.07, 6.45) is -0.729. The second kappa shape index (κ2) is 3.94. The molecule has 0 heterocycles. The third-order valence-corrected chi connectivity index (χ3v) is 2.09. The van der Waals surface area contributed by atoms with Gasteiger partial charge >= 0.3 is 0 Å². The molecule has 1 rings (SSSR count). The lowest BCUT2D eigenvalue weighted by Crippen LogP contribution is -1.98. The predicted molar refractivity (Wildman–Crippen MR) is 48.6 cm³/mol. The van der Waals surface area contributed by atoms with Gasteiger partial charge in [0.2, 0.25) is 0 Å². The van der Waals surface area contributed by atoms with Gasteiger partial charge in [0, 0.05) is 5.56 Å². The normalized spacial score (nSPS) is 12.7. The summed E-state index contributed by atoms with van der Waals surface area (Å²) >= 11 is 5.63. The topological polar surface area (TPSA) is 29.5 Å². The van der Waals surface area contributed by atoms with Gasteiger partial charge in [-0.1, -0.05) is 11.6 Å². The van der Waals surface area contributed by atoms with Crippen molar-refractivity contribution in [2.75, 3.05) is 7.11 Å². The second-order valence-electron chi connectivity index (χ2n) is 2.66. The molecule has 1 N–H and O–H groups in total. The van der Waals surface area contributed by atoms with Gasteiger partial charge in [-0.25, -0.2) is 4.39 Å². The zero-order valence-corrected chi connectivity index (χ0v) is 8.10. The average Bonchev–Trinajstić information content (AvgIpc) is 2.09. The predicted octanol–water partition coefficient (Wildman–Crippen LogP) is 2.54. The zero-order chi connectivity index (χ0) is 10.0. The number of rotatable bonds is 2. The van der Waals surface area contributed by atoms with Gasteiger partial charge < -0.3 is 9.84 Å². The number of aliphatic hydroxyl groups excluding tert-OH is 1. The summed E-state index contributed by atoms with van der Waals surface area (Å²) in [5, 5.41) is 9.19. The van der Waals surface area contributed by atoms with E-state index in [1.54, 1.807) is 6.92 Å². The van der Waals surface area contributed by atoms with E-state index in [1.165, 1.54) is 19.2 Å². The molecule has 0 saturated carbocycles. The van der Waals surface area contributed by atoms with Gasteiger partial charge in [-0.15, -0.1) is 0 Å². The number of hydrogen-bond acceptors (Lipinski definition) is 2. The molecule has 1 unspecified atom stereocenters. The molecule has 0 aromatic heterocycles. The standard InChI is InChI=1S/C9H10ClFO2/c1-5(12)6-3-4-7(11)8(10)9(6)13-2/h3-5,12H,1-2H3. The number of hydrogen-bond donors (Lipinski definition) is 1. The van der Waals surface area contributed by atoms with E-state index in [9.17, 15) is 9.50 Å². The number of ether oxygens (including phenoxy) is 1. The van der Waals surface area contributed by atoms with Crippen LogP contribution in [0.15, 0.2) is 12.1 Å². The van der Waals surface area contributed by atoms with E-state index in [-0.39, 0.29) is 10.8 Å². The third-order valence-electron chi connectivity index (χ3n) is 1.73. The monoisotopic (exact) mass is 204 g/mol. The molecule has 72 valence electrons. The second-order valence-corrected chi connectivity index (χ2v) is 3.04. The minimum absolute atomic E-state index is 0.0964. The molecule has 0 aliphatic carbocycles. The smallest absolute Gasteiger partial charge is 0.146 e. The highest BCUT2D eigenvalue weighted by atomic mass is 35.5. The molecule has 4 heteroatoms. The molecule has 1 atom stereocenters. The minimum Gasteiger partial charge on any atom is -0.495 e. The van der Waals surface area contributed by atoms with Crippen molar-refractivity contribution in [3.8, 4) is 5.75 Å². The van der Waals surface area contributed by atoms with Crippen molar-refractivity contribution in [3.63, 3.8) is 0 Å². The first-order valence-corrected chi connectivity index (χ1v) is 4.15. The molecule has 0 aliphatic heterocycles. The fourth-order valence-electron chi connectivity index (χ4n) is 1.08. The molecule has 1 aromatic rings. The van der Waals surface area contributed by atoms with Crippen molar-refractivity contribution in [3.05, 3.63) is 28.5 Å². The SMILES string of the molecule is COc1c(C(C)O)ccc(F)c1Cl.